The Hall–Kier alpha value is -2.68. The number of hydrogen-bond acceptors (Lipinski definition) is 6. The van der Waals surface area contributed by atoms with Gasteiger partial charge in [0.15, 0.2) is 5.54 Å². The summed E-state index contributed by atoms with van der Waals surface area (Å²) in [5, 5.41) is 8.86. The number of hydrogen-bond donors (Lipinski definition) is 3. The highest BCUT2D eigenvalue weighted by Crippen LogP contribution is 2.28. The number of hydrazine groups is 1. The first-order valence-electron chi connectivity index (χ1n) is 10.0. The highest BCUT2D eigenvalue weighted by Gasteiger charge is 2.44. The van der Waals surface area contributed by atoms with Crippen molar-refractivity contribution in [3.8, 4) is 5.75 Å². The Balaban J connectivity index is 1.81. The van der Waals surface area contributed by atoms with E-state index in [1.165, 1.54) is 0 Å². The molecule has 1 aliphatic rings. The summed E-state index contributed by atoms with van der Waals surface area (Å²) in [6, 6.07) is 15.1. The molecule has 7 nitrogen and oxygen atoms in total. The van der Waals surface area contributed by atoms with Crippen LogP contribution in [-0.2, 0) is 16.0 Å². The van der Waals surface area contributed by atoms with Gasteiger partial charge in [-0.3, -0.25) is 10.2 Å². The Labute approximate surface area is 190 Å². The summed E-state index contributed by atoms with van der Waals surface area (Å²) >= 11 is 3.43. The second-order valence-corrected chi connectivity index (χ2v) is 8.03. The van der Waals surface area contributed by atoms with Crippen molar-refractivity contribution >= 4 is 27.7 Å². The van der Waals surface area contributed by atoms with Crippen molar-refractivity contribution in [3.63, 3.8) is 0 Å². The lowest BCUT2D eigenvalue weighted by atomic mass is 9.91. The third-order valence-corrected chi connectivity index (χ3v) is 5.25. The topological polar surface area (TPSA) is 92.2 Å². The molecule has 0 unspecified atom stereocenters. The molecular weight excluding hydrogens is 462 g/mol. The predicted octanol–water partition coefficient (Wildman–Crippen LogP) is 2.78. The first-order valence-corrected chi connectivity index (χ1v) is 10.8. The number of aliphatic hydroxyl groups is 1. The lowest BCUT2D eigenvalue weighted by Crippen LogP contribution is -2.52. The van der Waals surface area contributed by atoms with Crippen LogP contribution in [0.3, 0.4) is 0 Å². The van der Waals surface area contributed by atoms with Crippen LogP contribution in [0.4, 0.5) is 0 Å². The number of ether oxygens (including phenoxy) is 2. The second kappa shape index (κ2) is 11.1. The number of aliphatic imine (C=N–C) groups is 1. The van der Waals surface area contributed by atoms with Gasteiger partial charge in [-0.05, 0) is 42.0 Å². The molecule has 0 bridgehead atoms. The molecule has 1 aliphatic heterocycles. The van der Waals surface area contributed by atoms with E-state index in [0.29, 0.717) is 37.6 Å². The van der Waals surface area contributed by atoms with Gasteiger partial charge < -0.3 is 14.6 Å². The van der Waals surface area contributed by atoms with Crippen LogP contribution < -0.4 is 15.6 Å². The zero-order valence-electron chi connectivity index (χ0n) is 17.1. The van der Waals surface area contributed by atoms with Crippen LogP contribution in [0.5, 0.6) is 5.75 Å². The first-order chi connectivity index (χ1) is 15.1. The van der Waals surface area contributed by atoms with Crippen LogP contribution >= 0.6 is 15.9 Å². The molecule has 0 fully saturated rings. The van der Waals surface area contributed by atoms with E-state index in [0.717, 1.165) is 15.6 Å². The van der Waals surface area contributed by atoms with E-state index in [1.54, 1.807) is 6.08 Å². The van der Waals surface area contributed by atoms with E-state index < -0.39 is 5.54 Å². The molecule has 0 aliphatic carbocycles. The lowest BCUT2D eigenvalue weighted by Gasteiger charge is -2.23. The molecule has 1 amide bonds. The van der Waals surface area contributed by atoms with E-state index in [-0.39, 0.29) is 19.1 Å². The van der Waals surface area contributed by atoms with Crippen LogP contribution in [0.15, 0.2) is 70.7 Å². The third-order valence-electron chi connectivity index (χ3n) is 4.72. The molecule has 164 valence electrons. The standard InChI is InChI=1S/C23H26BrN3O4/c1-2-12-25-27-22(29)23(15-17-4-8-19(24)9-5-17)16-31-21(26-23)18-6-10-20(11-7-18)30-14-3-13-28/h2,4-11,25,28H,1,3,12-16H2,(H,27,29)/t23-/m0/s1. The largest absolute Gasteiger partial charge is 0.494 e. The Kier molecular flexibility index (Phi) is 8.22. The quantitative estimate of drug-likeness (QED) is 0.257. The van der Waals surface area contributed by atoms with Gasteiger partial charge in [0.1, 0.15) is 12.4 Å². The number of nitrogens with one attached hydrogen (secondary N) is 2. The number of carbonyl (C=O) groups excluding carboxylic acids is 1. The molecule has 0 spiro atoms. The van der Waals surface area contributed by atoms with Gasteiger partial charge >= 0.3 is 0 Å². The lowest BCUT2D eigenvalue weighted by molar-refractivity contribution is -0.127. The van der Waals surface area contributed by atoms with Crippen LogP contribution in [0.25, 0.3) is 0 Å². The summed E-state index contributed by atoms with van der Waals surface area (Å²) in [6.07, 6.45) is 2.63. The van der Waals surface area contributed by atoms with Crippen LogP contribution in [0.2, 0.25) is 0 Å². The summed E-state index contributed by atoms with van der Waals surface area (Å²) < 4.78 is 12.4. The number of halogens is 1. The Bertz CT molecular complexity index is 915. The molecule has 0 saturated carbocycles. The first kappa shape index (κ1) is 23.0. The fourth-order valence-corrected chi connectivity index (χ4v) is 3.35. The van der Waals surface area contributed by atoms with Crippen molar-refractivity contribution in [2.24, 2.45) is 4.99 Å². The average molecular weight is 488 g/mol. The number of aliphatic hydroxyl groups excluding tert-OH is 1. The molecular formula is C23H26BrN3O4. The smallest absolute Gasteiger partial charge is 0.266 e. The fourth-order valence-electron chi connectivity index (χ4n) is 3.09. The van der Waals surface area contributed by atoms with Crippen molar-refractivity contribution in [1.82, 2.24) is 10.9 Å². The van der Waals surface area contributed by atoms with Crippen LogP contribution in [0.1, 0.15) is 17.5 Å². The van der Waals surface area contributed by atoms with E-state index in [4.69, 9.17) is 19.6 Å². The summed E-state index contributed by atoms with van der Waals surface area (Å²) in [6.45, 7) is 4.75. The third kappa shape index (κ3) is 6.16. The molecule has 2 aromatic rings. The number of amides is 1. The van der Waals surface area contributed by atoms with Gasteiger partial charge in [-0.2, -0.15) is 0 Å². The highest BCUT2D eigenvalue weighted by molar-refractivity contribution is 9.10. The predicted molar refractivity (Wildman–Crippen MR) is 123 cm³/mol. The Morgan fingerprint density at radius 2 is 2.00 bits per heavy atom. The SMILES string of the molecule is C=CCNNC(=O)[C@]1(Cc2ccc(Br)cc2)COC(c2ccc(OCCCO)cc2)=N1. The van der Waals surface area contributed by atoms with Crippen LogP contribution in [0, 0.1) is 0 Å². The number of benzene rings is 2. The van der Waals surface area contributed by atoms with Gasteiger partial charge in [-0.25, -0.2) is 10.4 Å². The van der Waals surface area contributed by atoms with Gasteiger partial charge in [0.2, 0.25) is 5.90 Å². The summed E-state index contributed by atoms with van der Waals surface area (Å²) in [4.78, 5) is 17.8. The normalized spacial score (nSPS) is 17.5. The minimum atomic E-state index is -1.09. The van der Waals surface area contributed by atoms with Gasteiger partial charge in [-0.15, -0.1) is 6.58 Å². The molecule has 0 saturated heterocycles. The van der Waals surface area contributed by atoms with Crippen LogP contribution in [-0.4, -0.2) is 48.8 Å². The van der Waals surface area contributed by atoms with Gasteiger partial charge in [0, 0.05) is 36.0 Å². The fraction of sp³-hybridized carbons (Fsp3) is 0.304. The van der Waals surface area contributed by atoms with Crippen molar-refractivity contribution in [2.45, 2.75) is 18.4 Å². The number of nitrogens with zero attached hydrogens (tertiary/aromatic N) is 1. The van der Waals surface area contributed by atoms with Crippen molar-refractivity contribution < 1.29 is 19.4 Å². The van der Waals surface area contributed by atoms with Crippen molar-refractivity contribution in [3.05, 3.63) is 76.8 Å². The van der Waals surface area contributed by atoms with E-state index in [9.17, 15) is 4.79 Å². The molecule has 31 heavy (non-hydrogen) atoms. The molecule has 8 heteroatoms. The molecule has 3 N–H and O–H groups in total. The van der Waals surface area contributed by atoms with E-state index in [2.05, 4.69) is 33.4 Å². The maximum atomic E-state index is 13.0. The Morgan fingerprint density at radius 1 is 1.26 bits per heavy atom. The Morgan fingerprint density at radius 3 is 2.68 bits per heavy atom. The molecule has 3 rings (SSSR count). The minimum absolute atomic E-state index is 0.0902. The molecule has 1 heterocycles. The summed E-state index contributed by atoms with van der Waals surface area (Å²) in [5.74, 6) is 0.845. The molecule has 0 radical (unpaired) electrons. The maximum Gasteiger partial charge on any atom is 0.266 e. The molecule has 0 aromatic heterocycles. The van der Waals surface area contributed by atoms with Crippen molar-refractivity contribution in [1.29, 1.82) is 0 Å². The number of carbonyl (C=O) groups is 1. The minimum Gasteiger partial charge on any atom is -0.494 e. The van der Waals surface area contributed by atoms with Crippen molar-refractivity contribution in [2.75, 3.05) is 26.4 Å². The average Bonchev–Trinajstić information content (AvgIpc) is 3.21. The van der Waals surface area contributed by atoms with E-state index in [1.807, 2.05) is 48.5 Å². The summed E-state index contributed by atoms with van der Waals surface area (Å²) in [5.41, 5.74) is 6.19. The maximum absolute atomic E-state index is 13.0. The monoisotopic (exact) mass is 487 g/mol. The summed E-state index contributed by atoms with van der Waals surface area (Å²) in [7, 11) is 0. The zero-order valence-corrected chi connectivity index (χ0v) is 18.7. The van der Waals surface area contributed by atoms with Gasteiger partial charge in [0.05, 0.1) is 6.61 Å². The van der Waals surface area contributed by atoms with Gasteiger partial charge in [0.25, 0.3) is 5.91 Å². The van der Waals surface area contributed by atoms with Gasteiger partial charge in [-0.1, -0.05) is 34.1 Å². The highest BCUT2D eigenvalue weighted by atomic mass is 79.9. The molecule has 1 atom stereocenters. The van der Waals surface area contributed by atoms with E-state index >= 15 is 0 Å². The number of rotatable bonds is 11. The zero-order chi connectivity index (χ0) is 22.1. The molecule has 2 aromatic carbocycles. The second-order valence-electron chi connectivity index (χ2n) is 7.11.